The molecule has 1 aliphatic carbocycles. The van der Waals surface area contributed by atoms with E-state index in [0.717, 1.165) is 30.1 Å². The number of hydrogen-bond donors (Lipinski definition) is 1. The van der Waals surface area contributed by atoms with Crippen molar-refractivity contribution in [2.24, 2.45) is 17.8 Å². The Hall–Kier alpha value is -1.02. The summed E-state index contributed by atoms with van der Waals surface area (Å²) in [6, 6.07) is 9.48. The summed E-state index contributed by atoms with van der Waals surface area (Å²) in [5, 5.41) is 3.91. The molecule has 0 aromatic heterocycles. The lowest BCUT2D eigenvalue weighted by atomic mass is 9.73. The van der Waals surface area contributed by atoms with Crippen LogP contribution in [-0.4, -0.2) is 12.6 Å². The molecule has 2 aliphatic rings. The molecular formula is C18H27NO. The summed E-state index contributed by atoms with van der Waals surface area (Å²) < 4.78 is 5.81. The van der Waals surface area contributed by atoms with Gasteiger partial charge >= 0.3 is 0 Å². The first-order valence-corrected chi connectivity index (χ1v) is 8.13. The van der Waals surface area contributed by atoms with Crippen LogP contribution in [0.25, 0.3) is 0 Å². The molecule has 1 aromatic carbocycles. The van der Waals surface area contributed by atoms with Gasteiger partial charge in [-0.05, 0) is 36.7 Å². The average Bonchev–Trinajstić information content (AvgIpc) is 2.82. The maximum Gasteiger partial charge on any atom is 0.124 e. The summed E-state index contributed by atoms with van der Waals surface area (Å²) >= 11 is 0. The predicted molar refractivity (Wildman–Crippen MR) is 82.9 cm³/mol. The van der Waals surface area contributed by atoms with Gasteiger partial charge in [0.25, 0.3) is 0 Å². The minimum absolute atomic E-state index is 0.378. The molecular weight excluding hydrogens is 246 g/mol. The second kappa shape index (κ2) is 5.77. The molecule has 0 radical (unpaired) electrons. The van der Waals surface area contributed by atoms with Gasteiger partial charge in [0.15, 0.2) is 0 Å². The van der Waals surface area contributed by atoms with Gasteiger partial charge in [0.2, 0.25) is 0 Å². The van der Waals surface area contributed by atoms with Gasteiger partial charge in [0.05, 0.1) is 6.04 Å². The highest BCUT2D eigenvalue weighted by molar-refractivity contribution is 5.39. The summed E-state index contributed by atoms with van der Waals surface area (Å²) in [4.78, 5) is 0. The van der Waals surface area contributed by atoms with E-state index in [1.54, 1.807) is 0 Å². The summed E-state index contributed by atoms with van der Waals surface area (Å²) in [5.74, 6) is 3.48. The Morgan fingerprint density at radius 2 is 2.00 bits per heavy atom. The first-order valence-electron chi connectivity index (χ1n) is 8.13. The molecule has 1 aliphatic heterocycles. The zero-order valence-electron chi connectivity index (χ0n) is 12.9. The van der Waals surface area contributed by atoms with Crippen molar-refractivity contribution in [2.75, 3.05) is 6.61 Å². The molecule has 2 nitrogen and oxygen atoms in total. The van der Waals surface area contributed by atoms with Crippen molar-refractivity contribution in [1.29, 1.82) is 0 Å². The maximum absolute atomic E-state index is 5.81. The number of hydrogen-bond acceptors (Lipinski definition) is 2. The summed E-state index contributed by atoms with van der Waals surface area (Å²) in [6.07, 6.45) is 4.06. The molecule has 1 heterocycles. The van der Waals surface area contributed by atoms with Gasteiger partial charge in [-0.1, -0.05) is 45.4 Å². The Bertz CT molecular complexity index is 456. The van der Waals surface area contributed by atoms with Crippen LogP contribution < -0.4 is 10.1 Å². The van der Waals surface area contributed by atoms with Gasteiger partial charge in [-0.2, -0.15) is 0 Å². The van der Waals surface area contributed by atoms with Crippen LogP contribution in [0.1, 0.15) is 51.6 Å². The molecule has 1 aromatic rings. The Morgan fingerprint density at radius 3 is 2.80 bits per heavy atom. The van der Waals surface area contributed by atoms with Crippen molar-refractivity contribution in [1.82, 2.24) is 5.32 Å². The molecule has 0 amide bonds. The normalized spacial score (nSPS) is 33.0. The van der Waals surface area contributed by atoms with Crippen LogP contribution in [-0.2, 0) is 0 Å². The Morgan fingerprint density at radius 1 is 1.20 bits per heavy atom. The van der Waals surface area contributed by atoms with Crippen LogP contribution in [0.3, 0.4) is 0 Å². The minimum Gasteiger partial charge on any atom is -0.491 e. The number of fused-ring (bicyclic) bond motifs is 1. The summed E-state index contributed by atoms with van der Waals surface area (Å²) in [7, 11) is 0. The second-order valence-corrected chi connectivity index (χ2v) is 7.00. The monoisotopic (exact) mass is 273 g/mol. The van der Waals surface area contributed by atoms with E-state index in [9.17, 15) is 0 Å². The van der Waals surface area contributed by atoms with E-state index in [1.165, 1.54) is 24.8 Å². The minimum atomic E-state index is 0.378. The van der Waals surface area contributed by atoms with E-state index in [1.807, 2.05) is 0 Å². The lowest BCUT2D eigenvalue weighted by molar-refractivity contribution is 0.152. The average molecular weight is 273 g/mol. The van der Waals surface area contributed by atoms with E-state index in [4.69, 9.17) is 4.74 Å². The number of rotatable bonds is 3. The zero-order valence-corrected chi connectivity index (χ0v) is 12.9. The number of benzene rings is 1. The van der Waals surface area contributed by atoms with Gasteiger partial charge in [-0.3, -0.25) is 0 Å². The van der Waals surface area contributed by atoms with E-state index >= 15 is 0 Å². The first kappa shape index (κ1) is 13.9. The van der Waals surface area contributed by atoms with Crippen LogP contribution in [0.15, 0.2) is 24.3 Å². The van der Waals surface area contributed by atoms with Gasteiger partial charge in [-0.25, -0.2) is 0 Å². The van der Waals surface area contributed by atoms with Gasteiger partial charge in [0.1, 0.15) is 12.4 Å². The molecule has 110 valence electrons. The Labute approximate surface area is 122 Å². The SMILES string of the molecule is CC1CCC(C(C)C)C(NC2COc3ccccc32)C1. The molecule has 20 heavy (non-hydrogen) atoms. The van der Waals surface area contributed by atoms with Crippen molar-refractivity contribution in [3.05, 3.63) is 29.8 Å². The third-order valence-corrected chi connectivity index (χ3v) is 5.14. The van der Waals surface area contributed by atoms with Gasteiger partial charge < -0.3 is 10.1 Å². The molecule has 0 spiro atoms. The van der Waals surface area contributed by atoms with Crippen LogP contribution in [0, 0.1) is 17.8 Å². The highest BCUT2D eigenvalue weighted by atomic mass is 16.5. The lowest BCUT2D eigenvalue weighted by Crippen LogP contribution is -2.44. The fourth-order valence-corrected chi connectivity index (χ4v) is 3.95. The van der Waals surface area contributed by atoms with E-state index < -0.39 is 0 Å². The Kier molecular flexibility index (Phi) is 4.02. The van der Waals surface area contributed by atoms with E-state index in [2.05, 4.69) is 50.4 Å². The first-order chi connectivity index (χ1) is 9.65. The largest absolute Gasteiger partial charge is 0.491 e. The van der Waals surface area contributed by atoms with Crippen molar-refractivity contribution < 1.29 is 4.74 Å². The third kappa shape index (κ3) is 2.71. The molecule has 1 N–H and O–H groups in total. The predicted octanol–water partition coefficient (Wildman–Crippen LogP) is 4.17. The molecule has 0 saturated heterocycles. The number of ether oxygens (including phenoxy) is 1. The third-order valence-electron chi connectivity index (χ3n) is 5.14. The number of para-hydroxylation sites is 1. The standard InChI is InChI=1S/C18H27NO/c1-12(2)14-9-8-13(3)10-16(14)19-17-11-20-18-7-5-4-6-15(17)18/h4-7,12-14,16-17,19H,8-11H2,1-3H3. The highest BCUT2D eigenvalue weighted by Gasteiger charge is 2.34. The molecule has 3 rings (SSSR count). The molecule has 4 unspecified atom stereocenters. The van der Waals surface area contributed by atoms with Crippen LogP contribution >= 0.6 is 0 Å². The van der Waals surface area contributed by atoms with E-state index in [0.29, 0.717) is 12.1 Å². The quantitative estimate of drug-likeness (QED) is 0.892. The molecule has 1 saturated carbocycles. The fourth-order valence-electron chi connectivity index (χ4n) is 3.95. The maximum atomic E-state index is 5.81. The topological polar surface area (TPSA) is 21.3 Å². The van der Waals surface area contributed by atoms with Crippen molar-refractivity contribution in [2.45, 2.75) is 52.1 Å². The van der Waals surface area contributed by atoms with Crippen LogP contribution in [0.5, 0.6) is 5.75 Å². The fraction of sp³-hybridized carbons (Fsp3) is 0.667. The highest BCUT2D eigenvalue weighted by Crippen LogP contribution is 2.37. The summed E-state index contributed by atoms with van der Waals surface area (Å²) in [5.41, 5.74) is 1.34. The molecule has 2 heteroatoms. The van der Waals surface area contributed by atoms with Crippen LogP contribution in [0.2, 0.25) is 0 Å². The molecule has 4 atom stereocenters. The van der Waals surface area contributed by atoms with Crippen molar-refractivity contribution in [3.63, 3.8) is 0 Å². The Balaban J connectivity index is 1.73. The van der Waals surface area contributed by atoms with E-state index in [-0.39, 0.29) is 0 Å². The van der Waals surface area contributed by atoms with Crippen molar-refractivity contribution in [3.8, 4) is 5.75 Å². The van der Waals surface area contributed by atoms with Gasteiger partial charge in [-0.15, -0.1) is 0 Å². The second-order valence-electron chi connectivity index (χ2n) is 7.00. The van der Waals surface area contributed by atoms with Gasteiger partial charge in [0, 0.05) is 11.6 Å². The lowest BCUT2D eigenvalue weighted by Gasteiger charge is -2.39. The molecule has 1 fully saturated rings. The smallest absolute Gasteiger partial charge is 0.124 e. The van der Waals surface area contributed by atoms with Crippen LogP contribution in [0.4, 0.5) is 0 Å². The number of nitrogens with one attached hydrogen (secondary N) is 1. The summed E-state index contributed by atoms with van der Waals surface area (Å²) in [6.45, 7) is 7.92. The zero-order chi connectivity index (χ0) is 14.1. The van der Waals surface area contributed by atoms with Crippen molar-refractivity contribution >= 4 is 0 Å². The molecule has 0 bridgehead atoms.